The second-order valence-electron chi connectivity index (χ2n) is 5.60. The summed E-state index contributed by atoms with van der Waals surface area (Å²) in [6.45, 7) is 3.95. The van der Waals surface area contributed by atoms with Crippen molar-refractivity contribution in [1.82, 2.24) is 14.5 Å². The Kier molecular flexibility index (Phi) is 4.76. The number of ether oxygens (including phenoxy) is 1. The second kappa shape index (κ2) is 7.13. The van der Waals surface area contributed by atoms with E-state index in [2.05, 4.69) is 32.0 Å². The number of methoxy groups -OCH3 is 1. The van der Waals surface area contributed by atoms with Gasteiger partial charge in [-0.05, 0) is 31.9 Å². The van der Waals surface area contributed by atoms with Gasteiger partial charge in [-0.1, -0.05) is 12.1 Å². The molecular weight excluding hydrogens is 288 g/mol. The summed E-state index contributed by atoms with van der Waals surface area (Å²) in [6, 6.07) is 8.13. The monoisotopic (exact) mass is 310 g/mol. The van der Waals surface area contributed by atoms with E-state index in [9.17, 15) is 0 Å². The Morgan fingerprint density at radius 2 is 2.17 bits per heavy atom. The van der Waals surface area contributed by atoms with Crippen molar-refractivity contribution in [2.75, 3.05) is 19.0 Å². The lowest BCUT2D eigenvalue weighted by atomic mass is 10.1. The van der Waals surface area contributed by atoms with Crippen LogP contribution in [0.2, 0.25) is 0 Å². The minimum absolute atomic E-state index is 0.814. The molecule has 5 heteroatoms. The first-order valence-corrected chi connectivity index (χ1v) is 7.92. The summed E-state index contributed by atoms with van der Waals surface area (Å²) in [7, 11) is 1.68. The molecule has 0 spiro atoms. The molecule has 0 aliphatic carbocycles. The number of anilines is 1. The van der Waals surface area contributed by atoms with Crippen LogP contribution in [0.25, 0.3) is 10.9 Å². The van der Waals surface area contributed by atoms with Gasteiger partial charge in [-0.2, -0.15) is 0 Å². The first-order chi connectivity index (χ1) is 11.3. The van der Waals surface area contributed by atoms with E-state index in [1.165, 1.54) is 0 Å². The molecule has 0 bridgehead atoms. The minimum Gasteiger partial charge on any atom is -0.494 e. The highest BCUT2D eigenvalue weighted by molar-refractivity contribution is 5.95. The first-order valence-electron chi connectivity index (χ1n) is 7.92. The van der Waals surface area contributed by atoms with E-state index in [-0.39, 0.29) is 0 Å². The molecule has 1 aromatic carbocycles. The van der Waals surface area contributed by atoms with E-state index in [0.717, 1.165) is 54.0 Å². The van der Waals surface area contributed by atoms with Crippen LogP contribution in [0.4, 0.5) is 5.69 Å². The molecule has 0 fully saturated rings. The Labute approximate surface area is 136 Å². The van der Waals surface area contributed by atoms with E-state index < -0.39 is 0 Å². The molecule has 5 nitrogen and oxygen atoms in total. The smallest absolute Gasteiger partial charge is 0.145 e. The van der Waals surface area contributed by atoms with Crippen LogP contribution in [0.1, 0.15) is 18.5 Å². The van der Waals surface area contributed by atoms with Gasteiger partial charge in [-0.25, -0.2) is 9.97 Å². The Bertz CT molecular complexity index is 768. The van der Waals surface area contributed by atoms with Gasteiger partial charge in [0.1, 0.15) is 11.3 Å². The van der Waals surface area contributed by atoms with Crippen molar-refractivity contribution in [3.8, 4) is 5.75 Å². The number of fused-ring (bicyclic) bond motifs is 1. The molecule has 0 atom stereocenters. The topological polar surface area (TPSA) is 52.0 Å². The van der Waals surface area contributed by atoms with Gasteiger partial charge >= 0.3 is 0 Å². The van der Waals surface area contributed by atoms with E-state index in [4.69, 9.17) is 4.74 Å². The number of hydrogen-bond donors (Lipinski definition) is 1. The molecule has 0 aliphatic heterocycles. The van der Waals surface area contributed by atoms with Gasteiger partial charge < -0.3 is 14.6 Å². The zero-order chi connectivity index (χ0) is 16.1. The van der Waals surface area contributed by atoms with Crippen LogP contribution in [-0.4, -0.2) is 28.2 Å². The highest BCUT2D eigenvalue weighted by Crippen LogP contribution is 2.29. The van der Waals surface area contributed by atoms with Crippen LogP contribution in [0.3, 0.4) is 0 Å². The molecule has 0 saturated carbocycles. The molecule has 0 aliphatic rings. The van der Waals surface area contributed by atoms with Gasteiger partial charge in [0, 0.05) is 42.3 Å². The highest BCUT2D eigenvalue weighted by Gasteiger charge is 2.08. The van der Waals surface area contributed by atoms with E-state index in [1.807, 2.05) is 37.8 Å². The Balaban J connectivity index is 1.65. The number of nitrogens with one attached hydrogen (secondary N) is 1. The summed E-state index contributed by atoms with van der Waals surface area (Å²) in [4.78, 5) is 8.67. The maximum absolute atomic E-state index is 5.42. The Morgan fingerprint density at radius 1 is 1.26 bits per heavy atom. The van der Waals surface area contributed by atoms with Gasteiger partial charge in [-0.15, -0.1) is 0 Å². The minimum atomic E-state index is 0.814. The molecule has 0 unspecified atom stereocenters. The normalized spacial score (nSPS) is 10.9. The quantitative estimate of drug-likeness (QED) is 0.677. The third kappa shape index (κ3) is 3.62. The number of imidazole rings is 1. The molecule has 23 heavy (non-hydrogen) atoms. The molecule has 1 N–H and O–H groups in total. The van der Waals surface area contributed by atoms with Gasteiger partial charge in [0.2, 0.25) is 0 Å². The number of rotatable bonds is 7. The zero-order valence-electron chi connectivity index (χ0n) is 13.6. The maximum atomic E-state index is 5.42. The Hall–Kier alpha value is -2.56. The predicted molar refractivity (Wildman–Crippen MR) is 93.0 cm³/mol. The SMILES string of the molecule is COc1cccc2c(NCCCCn3ccnc3)cc(C)nc12. The standard InChI is InChI=1S/C18H22N4O/c1-14-12-16(15-6-5-7-17(23-2)18(15)21-14)20-8-3-4-10-22-11-9-19-13-22/h5-7,9,11-13H,3-4,8,10H2,1-2H3,(H,20,21). The Morgan fingerprint density at radius 3 is 2.96 bits per heavy atom. The lowest BCUT2D eigenvalue weighted by molar-refractivity contribution is 0.419. The number of aromatic nitrogens is 3. The fraction of sp³-hybridized carbons (Fsp3) is 0.333. The summed E-state index contributed by atoms with van der Waals surface area (Å²) < 4.78 is 7.53. The third-order valence-electron chi connectivity index (χ3n) is 3.87. The highest BCUT2D eigenvalue weighted by atomic mass is 16.5. The zero-order valence-corrected chi connectivity index (χ0v) is 13.6. The van der Waals surface area contributed by atoms with Gasteiger partial charge in [0.15, 0.2) is 0 Å². The van der Waals surface area contributed by atoms with Crippen LogP contribution in [0.15, 0.2) is 43.0 Å². The van der Waals surface area contributed by atoms with Crippen LogP contribution in [0.5, 0.6) is 5.75 Å². The summed E-state index contributed by atoms with van der Waals surface area (Å²) in [6.07, 6.45) is 7.90. The van der Waals surface area contributed by atoms with E-state index in [1.54, 1.807) is 7.11 Å². The van der Waals surface area contributed by atoms with Gasteiger partial charge in [0.05, 0.1) is 13.4 Å². The average molecular weight is 310 g/mol. The van der Waals surface area contributed by atoms with Crippen LogP contribution in [0, 0.1) is 6.92 Å². The molecule has 2 aromatic heterocycles. The maximum Gasteiger partial charge on any atom is 0.145 e. The lowest BCUT2D eigenvalue weighted by Crippen LogP contribution is -2.05. The van der Waals surface area contributed by atoms with Gasteiger partial charge in [0.25, 0.3) is 0 Å². The molecular formula is C18H22N4O. The van der Waals surface area contributed by atoms with Crippen LogP contribution >= 0.6 is 0 Å². The van der Waals surface area contributed by atoms with Crippen LogP contribution in [-0.2, 0) is 6.54 Å². The number of aryl methyl sites for hydroxylation is 2. The fourth-order valence-electron chi connectivity index (χ4n) is 2.72. The summed E-state index contributed by atoms with van der Waals surface area (Å²) in [5.41, 5.74) is 3.02. The van der Waals surface area contributed by atoms with Crippen molar-refractivity contribution in [2.24, 2.45) is 0 Å². The number of pyridine rings is 1. The summed E-state index contributed by atoms with van der Waals surface area (Å²) >= 11 is 0. The molecule has 3 rings (SSSR count). The number of unbranched alkanes of at least 4 members (excludes halogenated alkanes) is 1. The average Bonchev–Trinajstić information content (AvgIpc) is 3.07. The predicted octanol–water partition coefficient (Wildman–Crippen LogP) is 3.64. The summed E-state index contributed by atoms with van der Waals surface area (Å²) in [5.74, 6) is 0.814. The van der Waals surface area contributed by atoms with Crippen molar-refractivity contribution in [3.63, 3.8) is 0 Å². The molecule has 0 radical (unpaired) electrons. The molecule has 120 valence electrons. The number of benzene rings is 1. The first kappa shape index (κ1) is 15.3. The molecule has 3 aromatic rings. The number of para-hydroxylation sites is 1. The number of nitrogens with zero attached hydrogens (tertiary/aromatic N) is 3. The molecule has 0 amide bonds. The summed E-state index contributed by atoms with van der Waals surface area (Å²) in [5, 5.41) is 4.64. The van der Waals surface area contributed by atoms with Crippen molar-refractivity contribution in [1.29, 1.82) is 0 Å². The largest absolute Gasteiger partial charge is 0.494 e. The van der Waals surface area contributed by atoms with Crippen molar-refractivity contribution in [2.45, 2.75) is 26.3 Å². The van der Waals surface area contributed by atoms with Crippen molar-refractivity contribution < 1.29 is 4.74 Å². The molecule has 2 heterocycles. The van der Waals surface area contributed by atoms with Gasteiger partial charge in [-0.3, -0.25) is 0 Å². The van der Waals surface area contributed by atoms with E-state index in [0.29, 0.717) is 0 Å². The van der Waals surface area contributed by atoms with Crippen LogP contribution < -0.4 is 10.1 Å². The molecule has 0 saturated heterocycles. The van der Waals surface area contributed by atoms with Crippen molar-refractivity contribution >= 4 is 16.6 Å². The second-order valence-corrected chi connectivity index (χ2v) is 5.60. The van der Waals surface area contributed by atoms with E-state index >= 15 is 0 Å². The fourth-order valence-corrected chi connectivity index (χ4v) is 2.72. The lowest BCUT2D eigenvalue weighted by Gasteiger charge is -2.12. The number of hydrogen-bond acceptors (Lipinski definition) is 4. The van der Waals surface area contributed by atoms with Crippen molar-refractivity contribution in [3.05, 3.63) is 48.7 Å². The third-order valence-corrected chi connectivity index (χ3v) is 3.87.